The molecule has 3 aromatic heterocycles. The Labute approximate surface area is 176 Å². The summed E-state index contributed by atoms with van der Waals surface area (Å²) in [6.07, 6.45) is 8.99. The number of rotatable bonds is 7. The second kappa shape index (κ2) is 7.83. The number of hydrogen-bond acceptors (Lipinski definition) is 7. The predicted octanol–water partition coefficient (Wildman–Crippen LogP) is 2.65. The zero-order chi connectivity index (χ0) is 20.7. The lowest BCUT2D eigenvalue weighted by molar-refractivity contribution is 0.280. The van der Waals surface area contributed by atoms with Crippen LogP contribution in [0.1, 0.15) is 61.0 Å². The third kappa shape index (κ3) is 3.49. The third-order valence-electron chi connectivity index (χ3n) is 6.44. The molecular formula is C22H29N7O. The summed E-state index contributed by atoms with van der Waals surface area (Å²) in [4.78, 5) is 13.5. The highest BCUT2D eigenvalue weighted by molar-refractivity contribution is 5.59. The molecule has 1 saturated carbocycles. The smallest absolute Gasteiger partial charge is 0.336 e. The van der Waals surface area contributed by atoms with Gasteiger partial charge in [0.1, 0.15) is 0 Å². The summed E-state index contributed by atoms with van der Waals surface area (Å²) in [7, 11) is 0. The number of nitrogens with one attached hydrogen (secondary N) is 1. The molecule has 1 unspecified atom stereocenters. The molecule has 0 spiro atoms. The highest BCUT2D eigenvalue weighted by Gasteiger charge is 2.41. The minimum absolute atomic E-state index is 0.294. The molecule has 3 atom stereocenters. The van der Waals surface area contributed by atoms with Gasteiger partial charge in [0.25, 0.3) is 0 Å². The number of fused-ring (bicyclic) bond motifs is 3. The van der Waals surface area contributed by atoms with Crippen molar-refractivity contribution in [2.24, 2.45) is 5.92 Å². The number of aromatic nitrogens is 5. The molecule has 30 heavy (non-hydrogen) atoms. The number of nitrogens with two attached hydrogens (primary N) is 1. The Hall–Kier alpha value is -2.74. The van der Waals surface area contributed by atoms with Crippen molar-refractivity contribution in [3.8, 4) is 6.01 Å². The van der Waals surface area contributed by atoms with Gasteiger partial charge in [0.2, 0.25) is 0 Å². The fourth-order valence-electron chi connectivity index (χ4n) is 4.93. The number of anilines is 1. The van der Waals surface area contributed by atoms with Crippen LogP contribution in [0, 0.1) is 12.8 Å². The second-order valence-electron chi connectivity index (χ2n) is 8.63. The first-order chi connectivity index (χ1) is 14.6. The molecule has 3 N–H and O–H groups in total. The van der Waals surface area contributed by atoms with Crippen molar-refractivity contribution >= 4 is 11.5 Å². The van der Waals surface area contributed by atoms with E-state index in [1.807, 2.05) is 6.20 Å². The van der Waals surface area contributed by atoms with Crippen LogP contribution >= 0.6 is 0 Å². The van der Waals surface area contributed by atoms with Crippen molar-refractivity contribution in [1.82, 2.24) is 29.9 Å². The highest BCUT2D eigenvalue weighted by Crippen LogP contribution is 2.43. The average molecular weight is 408 g/mol. The lowest BCUT2D eigenvalue weighted by Crippen LogP contribution is -2.29. The zero-order valence-electron chi connectivity index (χ0n) is 17.6. The Morgan fingerprint density at radius 2 is 2.17 bits per heavy atom. The fourth-order valence-corrected chi connectivity index (χ4v) is 4.93. The van der Waals surface area contributed by atoms with Gasteiger partial charge in [-0.05, 0) is 49.8 Å². The minimum atomic E-state index is 0.294. The van der Waals surface area contributed by atoms with Crippen molar-refractivity contribution < 1.29 is 4.74 Å². The van der Waals surface area contributed by atoms with Gasteiger partial charge in [-0.25, -0.2) is 9.50 Å². The van der Waals surface area contributed by atoms with Crippen molar-refractivity contribution in [2.75, 3.05) is 18.9 Å². The van der Waals surface area contributed by atoms with Gasteiger partial charge in [-0.15, -0.1) is 5.10 Å². The van der Waals surface area contributed by atoms with Crippen LogP contribution in [-0.2, 0) is 6.42 Å². The molecule has 0 amide bonds. The Morgan fingerprint density at radius 1 is 1.27 bits per heavy atom. The van der Waals surface area contributed by atoms with Crippen LogP contribution in [0.3, 0.4) is 0 Å². The molecule has 1 aliphatic carbocycles. The summed E-state index contributed by atoms with van der Waals surface area (Å²) in [6, 6.07) is 3.23. The van der Waals surface area contributed by atoms with E-state index < -0.39 is 0 Å². The van der Waals surface area contributed by atoms with Gasteiger partial charge in [-0.2, -0.15) is 4.98 Å². The highest BCUT2D eigenvalue weighted by atomic mass is 16.5. The minimum Gasteiger partial charge on any atom is -0.462 e. The van der Waals surface area contributed by atoms with Crippen LogP contribution in [-0.4, -0.2) is 43.8 Å². The largest absolute Gasteiger partial charge is 0.462 e. The summed E-state index contributed by atoms with van der Waals surface area (Å²) in [5.41, 5.74) is 11.3. The summed E-state index contributed by atoms with van der Waals surface area (Å²) < 4.78 is 7.40. The van der Waals surface area contributed by atoms with Crippen LogP contribution in [0.15, 0.2) is 18.5 Å². The Bertz CT molecular complexity index is 1060. The first-order valence-corrected chi connectivity index (χ1v) is 10.9. The molecular weight excluding hydrogens is 378 g/mol. The molecule has 3 aromatic rings. The van der Waals surface area contributed by atoms with E-state index in [9.17, 15) is 0 Å². The van der Waals surface area contributed by atoms with E-state index in [1.165, 1.54) is 24.1 Å². The van der Waals surface area contributed by atoms with Gasteiger partial charge in [0.05, 0.1) is 18.5 Å². The number of pyridine rings is 1. The van der Waals surface area contributed by atoms with Gasteiger partial charge in [0, 0.05) is 30.3 Å². The number of hydrogen-bond donors (Lipinski definition) is 2. The van der Waals surface area contributed by atoms with E-state index in [-0.39, 0.29) is 0 Å². The van der Waals surface area contributed by atoms with E-state index in [4.69, 9.17) is 15.5 Å². The maximum atomic E-state index is 6.08. The molecule has 1 saturated heterocycles. The summed E-state index contributed by atoms with van der Waals surface area (Å²) in [5, 5.41) is 8.09. The molecule has 0 aromatic carbocycles. The van der Waals surface area contributed by atoms with Crippen LogP contribution in [0.2, 0.25) is 0 Å². The maximum Gasteiger partial charge on any atom is 0.336 e. The standard InChI is InChI=1S/C22H29N7O/c1-3-4-5-30-22-27-20(23)21-26-12-17(29(21)28-22)7-14-6-13(2)19(25-10-14)18-9-16-8-15(18)11-24-16/h6,10,12,15-16,18,24H,3-5,7-9,11H2,1-2H3,(H2,23,27,28)/t15-,16-,18?/m1/s1. The molecule has 2 fully saturated rings. The number of ether oxygens (including phenoxy) is 1. The fraction of sp³-hybridized carbons (Fsp3) is 0.545. The van der Waals surface area contributed by atoms with Gasteiger partial charge in [-0.3, -0.25) is 4.98 Å². The van der Waals surface area contributed by atoms with E-state index in [1.54, 1.807) is 10.7 Å². The first kappa shape index (κ1) is 19.2. The van der Waals surface area contributed by atoms with Gasteiger partial charge in [0.15, 0.2) is 11.5 Å². The SMILES string of the molecule is CCCCOc1nc(N)c2ncc(Cc3cnc(C4C[C@H]5C[C@@H]4CN5)c(C)c3)n2n1. The van der Waals surface area contributed by atoms with Crippen LogP contribution < -0.4 is 15.8 Å². The van der Waals surface area contributed by atoms with Crippen molar-refractivity contribution in [3.05, 3.63) is 41.0 Å². The quantitative estimate of drug-likeness (QED) is 0.580. The Balaban J connectivity index is 1.38. The maximum absolute atomic E-state index is 6.08. The van der Waals surface area contributed by atoms with Gasteiger partial charge >= 0.3 is 6.01 Å². The topological polar surface area (TPSA) is 103 Å². The second-order valence-corrected chi connectivity index (χ2v) is 8.63. The summed E-state index contributed by atoms with van der Waals surface area (Å²) >= 11 is 0. The van der Waals surface area contributed by atoms with Crippen LogP contribution in [0.25, 0.3) is 5.65 Å². The average Bonchev–Trinajstić information content (AvgIpc) is 3.45. The van der Waals surface area contributed by atoms with Crippen LogP contribution in [0.4, 0.5) is 5.82 Å². The molecule has 1 aliphatic heterocycles. The monoisotopic (exact) mass is 407 g/mol. The van der Waals surface area contributed by atoms with E-state index >= 15 is 0 Å². The molecule has 2 aliphatic rings. The summed E-state index contributed by atoms with van der Waals surface area (Å²) in [5.74, 6) is 1.66. The van der Waals surface area contributed by atoms with Crippen LogP contribution in [0.5, 0.6) is 6.01 Å². The van der Waals surface area contributed by atoms with E-state index in [0.29, 0.717) is 42.5 Å². The summed E-state index contributed by atoms with van der Waals surface area (Å²) in [6.45, 7) is 6.00. The molecule has 8 nitrogen and oxygen atoms in total. The number of nitrogens with zero attached hydrogens (tertiary/aromatic N) is 5. The molecule has 4 heterocycles. The van der Waals surface area contributed by atoms with Crippen molar-refractivity contribution in [1.29, 1.82) is 0 Å². The first-order valence-electron chi connectivity index (χ1n) is 10.9. The normalized spacial score (nSPS) is 22.8. The number of unbranched alkanes of at least 4 members (excludes halogenated alkanes) is 1. The molecule has 5 rings (SSSR count). The van der Waals surface area contributed by atoms with E-state index in [2.05, 4.69) is 40.3 Å². The number of aryl methyl sites for hydroxylation is 1. The molecule has 0 radical (unpaired) electrons. The molecule has 158 valence electrons. The number of imidazole rings is 1. The lowest BCUT2D eigenvalue weighted by Gasteiger charge is -2.23. The van der Waals surface area contributed by atoms with Crippen molar-refractivity contribution in [3.63, 3.8) is 0 Å². The van der Waals surface area contributed by atoms with Gasteiger partial charge in [-0.1, -0.05) is 19.4 Å². The lowest BCUT2D eigenvalue weighted by atomic mass is 9.89. The Morgan fingerprint density at radius 3 is 2.90 bits per heavy atom. The van der Waals surface area contributed by atoms with E-state index in [0.717, 1.165) is 36.6 Å². The number of piperidine rings is 1. The third-order valence-corrected chi connectivity index (χ3v) is 6.44. The number of nitrogen functional groups attached to an aromatic ring is 1. The zero-order valence-corrected chi connectivity index (χ0v) is 17.6. The Kier molecular flexibility index (Phi) is 5.02. The molecule has 2 bridgehead atoms. The van der Waals surface area contributed by atoms with Crippen molar-refractivity contribution in [2.45, 2.75) is 57.9 Å². The predicted molar refractivity (Wildman–Crippen MR) is 115 cm³/mol. The molecule has 8 heteroatoms. The van der Waals surface area contributed by atoms with Gasteiger partial charge < -0.3 is 15.8 Å².